The number of unbranched alkanes of at least 4 members (excludes halogenated alkanes) is 2. The predicted octanol–water partition coefficient (Wildman–Crippen LogP) is 3.26. The third-order valence-corrected chi connectivity index (χ3v) is 2.14. The zero-order chi connectivity index (χ0) is 9.56. The van der Waals surface area contributed by atoms with Gasteiger partial charge in [0.1, 0.15) is 0 Å². The maximum absolute atomic E-state index is 7.56. The van der Waals surface area contributed by atoms with Crippen LogP contribution in [0.3, 0.4) is 0 Å². The van der Waals surface area contributed by atoms with Crippen LogP contribution in [-0.4, -0.2) is 11.4 Å². The summed E-state index contributed by atoms with van der Waals surface area (Å²) in [5.74, 6) is 0.272. The van der Waals surface area contributed by atoms with Crippen molar-refractivity contribution in [1.29, 1.82) is 10.8 Å². The Morgan fingerprint density at radius 3 is 2.25 bits per heavy atom. The lowest BCUT2D eigenvalue weighted by Crippen LogP contribution is -2.17. The summed E-state index contributed by atoms with van der Waals surface area (Å²) in [7, 11) is 0. The molecule has 0 aromatic rings. The Balaban J connectivity index is 3.64. The summed E-state index contributed by atoms with van der Waals surface area (Å²) in [6, 6.07) is 0. The van der Waals surface area contributed by atoms with E-state index < -0.39 is 0 Å². The maximum atomic E-state index is 7.56. The van der Waals surface area contributed by atoms with Crippen molar-refractivity contribution in [2.45, 2.75) is 46.5 Å². The smallest absolute Gasteiger partial charge is 0.0546 e. The summed E-state index contributed by atoms with van der Waals surface area (Å²) in [6.07, 6.45) is 4.72. The van der Waals surface area contributed by atoms with E-state index in [2.05, 4.69) is 6.92 Å². The molecule has 0 spiro atoms. The van der Waals surface area contributed by atoms with Crippen LogP contribution in [0.4, 0.5) is 0 Å². The second kappa shape index (κ2) is 5.92. The van der Waals surface area contributed by atoms with E-state index in [4.69, 9.17) is 10.8 Å². The fourth-order valence-electron chi connectivity index (χ4n) is 1.21. The van der Waals surface area contributed by atoms with E-state index in [1.807, 2.05) is 6.92 Å². The molecule has 70 valence electrons. The Morgan fingerprint density at radius 1 is 1.25 bits per heavy atom. The van der Waals surface area contributed by atoms with Crippen LogP contribution in [-0.2, 0) is 0 Å². The predicted molar refractivity (Wildman–Crippen MR) is 54.4 cm³/mol. The minimum absolute atomic E-state index is 0.272. The first-order valence-electron chi connectivity index (χ1n) is 4.73. The van der Waals surface area contributed by atoms with E-state index in [9.17, 15) is 0 Å². The van der Waals surface area contributed by atoms with Gasteiger partial charge in [-0.2, -0.15) is 0 Å². The van der Waals surface area contributed by atoms with Gasteiger partial charge >= 0.3 is 0 Å². The molecule has 0 aromatic carbocycles. The summed E-state index contributed by atoms with van der Waals surface area (Å²) >= 11 is 0. The normalized spacial score (nSPS) is 12.6. The zero-order valence-electron chi connectivity index (χ0n) is 8.41. The van der Waals surface area contributed by atoms with Crippen molar-refractivity contribution in [2.24, 2.45) is 5.92 Å². The highest BCUT2D eigenvalue weighted by molar-refractivity contribution is 6.39. The summed E-state index contributed by atoms with van der Waals surface area (Å²) in [5.41, 5.74) is 0.921. The molecule has 2 nitrogen and oxygen atoms in total. The SMILES string of the molecule is CCCCCC(C)C(=N)C(C)=N. The van der Waals surface area contributed by atoms with Crippen LogP contribution in [0, 0.1) is 16.7 Å². The minimum atomic E-state index is 0.272. The largest absolute Gasteiger partial charge is 0.304 e. The van der Waals surface area contributed by atoms with Crippen LogP contribution in [0.25, 0.3) is 0 Å². The zero-order valence-corrected chi connectivity index (χ0v) is 8.41. The average Bonchev–Trinajstić information content (AvgIpc) is 2.03. The minimum Gasteiger partial charge on any atom is -0.304 e. The van der Waals surface area contributed by atoms with Crippen molar-refractivity contribution in [3.05, 3.63) is 0 Å². The molecule has 0 aliphatic heterocycles. The molecular weight excluding hydrogens is 148 g/mol. The maximum Gasteiger partial charge on any atom is 0.0546 e. The molecule has 0 saturated heterocycles. The third-order valence-electron chi connectivity index (χ3n) is 2.14. The van der Waals surface area contributed by atoms with Crippen LogP contribution >= 0.6 is 0 Å². The Kier molecular flexibility index (Phi) is 5.60. The molecule has 0 radical (unpaired) electrons. The summed E-state index contributed by atoms with van der Waals surface area (Å²) in [4.78, 5) is 0. The van der Waals surface area contributed by atoms with Gasteiger partial charge in [0.05, 0.1) is 5.71 Å². The lowest BCUT2D eigenvalue weighted by molar-refractivity contribution is 0.598. The molecule has 0 heterocycles. The van der Waals surface area contributed by atoms with Gasteiger partial charge in [0.2, 0.25) is 0 Å². The van der Waals surface area contributed by atoms with E-state index in [-0.39, 0.29) is 5.92 Å². The van der Waals surface area contributed by atoms with Crippen molar-refractivity contribution < 1.29 is 0 Å². The van der Waals surface area contributed by atoms with Crippen molar-refractivity contribution in [1.82, 2.24) is 0 Å². The van der Waals surface area contributed by atoms with E-state index in [0.717, 1.165) is 6.42 Å². The van der Waals surface area contributed by atoms with Crippen LogP contribution in [0.2, 0.25) is 0 Å². The van der Waals surface area contributed by atoms with Crippen molar-refractivity contribution in [2.75, 3.05) is 0 Å². The lowest BCUT2D eigenvalue weighted by atomic mass is 9.96. The molecule has 1 atom stereocenters. The quantitative estimate of drug-likeness (QED) is 0.452. The molecule has 0 aliphatic rings. The van der Waals surface area contributed by atoms with Crippen molar-refractivity contribution >= 4 is 11.4 Å². The van der Waals surface area contributed by atoms with Gasteiger partial charge in [-0.1, -0.05) is 33.1 Å². The molecule has 2 heteroatoms. The topological polar surface area (TPSA) is 47.7 Å². The number of hydrogen-bond donors (Lipinski definition) is 2. The molecule has 12 heavy (non-hydrogen) atoms. The van der Waals surface area contributed by atoms with Crippen LogP contribution < -0.4 is 0 Å². The summed E-state index contributed by atoms with van der Waals surface area (Å²) in [6.45, 7) is 5.91. The second-order valence-electron chi connectivity index (χ2n) is 3.44. The molecule has 0 bridgehead atoms. The van der Waals surface area contributed by atoms with Gasteiger partial charge in [0.25, 0.3) is 0 Å². The monoisotopic (exact) mass is 168 g/mol. The van der Waals surface area contributed by atoms with Gasteiger partial charge in [-0.05, 0) is 19.3 Å². The highest BCUT2D eigenvalue weighted by Crippen LogP contribution is 2.10. The van der Waals surface area contributed by atoms with Gasteiger partial charge in [-0.25, -0.2) is 0 Å². The van der Waals surface area contributed by atoms with Crippen LogP contribution in [0.1, 0.15) is 46.5 Å². The second-order valence-corrected chi connectivity index (χ2v) is 3.44. The Bertz CT molecular complexity index is 161. The number of hydrogen-bond acceptors (Lipinski definition) is 2. The van der Waals surface area contributed by atoms with E-state index in [1.165, 1.54) is 19.3 Å². The highest BCUT2D eigenvalue weighted by atomic mass is 14.5. The number of rotatable bonds is 6. The van der Waals surface area contributed by atoms with Gasteiger partial charge in [-0.15, -0.1) is 0 Å². The van der Waals surface area contributed by atoms with E-state index in [1.54, 1.807) is 6.92 Å². The van der Waals surface area contributed by atoms with Gasteiger partial charge in [0.15, 0.2) is 0 Å². The fourth-order valence-corrected chi connectivity index (χ4v) is 1.21. The van der Waals surface area contributed by atoms with Crippen LogP contribution in [0.5, 0.6) is 0 Å². The molecule has 0 rings (SSSR count). The van der Waals surface area contributed by atoms with Crippen molar-refractivity contribution in [3.8, 4) is 0 Å². The van der Waals surface area contributed by atoms with Gasteiger partial charge in [0, 0.05) is 5.71 Å². The summed E-state index contributed by atoms with van der Waals surface area (Å²) < 4.78 is 0. The molecule has 0 aliphatic carbocycles. The first kappa shape index (κ1) is 11.3. The van der Waals surface area contributed by atoms with Gasteiger partial charge < -0.3 is 10.8 Å². The van der Waals surface area contributed by atoms with Crippen molar-refractivity contribution in [3.63, 3.8) is 0 Å². The Labute approximate surface area is 75.4 Å². The number of nitrogens with one attached hydrogen (secondary N) is 2. The average molecular weight is 168 g/mol. The van der Waals surface area contributed by atoms with E-state index >= 15 is 0 Å². The molecular formula is C10H20N2. The lowest BCUT2D eigenvalue weighted by Gasteiger charge is -2.10. The molecule has 0 aromatic heterocycles. The third kappa shape index (κ3) is 4.27. The highest BCUT2D eigenvalue weighted by Gasteiger charge is 2.09. The Morgan fingerprint density at radius 2 is 1.83 bits per heavy atom. The molecule has 1 unspecified atom stereocenters. The van der Waals surface area contributed by atoms with Crippen LogP contribution in [0.15, 0.2) is 0 Å². The van der Waals surface area contributed by atoms with Gasteiger partial charge in [-0.3, -0.25) is 0 Å². The molecule has 0 fully saturated rings. The first-order valence-corrected chi connectivity index (χ1v) is 4.73. The van der Waals surface area contributed by atoms with E-state index in [0.29, 0.717) is 11.4 Å². The Hall–Kier alpha value is -0.660. The summed E-state index contributed by atoms with van der Waals surface area (Å²) in [5, 5.41) is 14.8. The molecule has 2 N–H and O–H groups in total. The molecule has 0 saturated carbocycles. The molecule has 0 amide bonds. The standard InChI is InChI=1S/C10H20N2/c1-4-5-6-7-8(2)10(12)9(3)11/h8,11-12H,4-7H2,1-3H3. The first-order chi connectivity index (χ1) is 5.59. The fraction of sp³-hybridized carbons (Fsp3) is 0.800.